The summed E-state index contributed by atoms with van der Waals surface area (Å²) in [4.78, 5) is 0. The Morgan fingerprint density at radius 2 is 1.60 bits per heavy atom. The molecule has 0 atom stereocenters. The molecule has 2 radical (unpaired) electrons. The Morgan fingerprint density at radius 3 is 1.60 bits per heavy atom. The van der Waals surface area contributed by atoms with Crippen LogP contribution in [0.1, 0.15) is 0 Å². The van der Waals surface area contributed by atoms with E-state index in [2.05, 4.69) is 14.1 Å². The summed E-state index contributed by atoms with van der Waals surface area (Å²) >= 11 is 3.29. The first-order valence-electron chi connectivity index (χ1n) is 0.286. The van der Waals surface area contributed by atoms with Crippen LogP contribution < -0.4 is 6.15 Å². The van der Waals surface area contributed by atoms with Gasteiger partial charge >= 0.3 is 63.7 Å². The predicted molar refractivity (Wildman–Crippen MR) is 28.3 cm³/mol. The van der Waals surface area contributed by atoms with Crippen molar-refractivity contribution < 1.29 is 12.2 Å². The van der Waals surface area contributed by atoms with Crippen molar-refractivity contribution in [2.45, 2.75) is 0 Å². The summed E-state index contributed by atoms with van der Waals surface area (Å²) in [7, 11) is 4.95. The predicted octanol–water partition coefficient (Wildman–Crippen LogP) is 0.778. The molecule has 0 saturated carbocycles. The van der Waals surface area contributed by atoms with Gasteiger partial charge in [0.15, 0.2) is 0 Å². The van der Waals surface area contributed by atoms with Crippen LogP contribution in [0.5, 0.6) is 0 Å². The first-order valence-corrected chi connectivity index (χ1v) is 4.83. The molecule has 0 aliphatic carbocycles. The molecule has 0 rings (SSSR count). The molecule has 0 spiro atoms. The van der Waals surface area contributed by atoms with Gasteiger partial charge in [0, 0.05) is 0 Å². The van der Waals surface area contributed by atoms with Crippen molar-refractivity contribution in [2.24, 2.45) is 0 Å². The molecule has 0 heterocycles. The molecule has 0 aliphatic rings. The first-order chi connectivity index (χ1) is 1.41. The van der Waals surface area contributed by atoms with E-state index in [0.29, 0.717) is 12.2 Å². The van der Waals surface area contributed by atoms with Gasteiger partial charge in [0.25, 0.3) is 0 Å². The van der Waals surface area contributed by atoms with Crippen LogP contribution in [0.3, 0.4) is 0 Å². The van der Waals surface area contributed by atoms with Crippen molar-refractivity contribution in [3.63, 3.8) is 0 Å². The van der Waals surface area contributed by atoms with Gasteiger partial charge in [0.05, 0.1) is 0 Å². The van der Waals surface area contributed by atoms with Crippen LogP contribution in [0.15, 0.2) is 0 Å². The molecule has 0 fully saturated rings. The van der Waals surface area contributed by atoms with Crippen LogP contribution in [0.2, 0.25) is 0 Å². The van der Waals surface area contributed by atoms with E-state index in [1.54, 1.807) is 0 Å². The quantitative estimate of drug-likeness (QED) is 0.604. The van der Waals surface area contributed by atoms with Gasteiger partial charge in [-0.1, -0.05) is 0 Å². The van der Waals surface area contributed by atoms with Crippen molar-refractivity contribution >= 4 is 51.5 Å². The van der Waals surface area contributed by atoms with E-state index in [4.69, 9.17) is 10.1 Å². The Bertz CT molecular complexity index is 11.6. The van der Waals surface area contributed by atoms with E-state index in [-0.39, 0.29) is 33.4 Å². The van der Waals surface area contributed by atoms with Crippen LogP contribution in [-0.2, 0) is 12.2 Å². The summed E-state index contributed by atoms with van der Waals surface area (Å²) in [5.74, 6) is 0. The van der Waals surface area contributed by atoms with Crippen molar-refractivity contribution in [3.05, 3.63) is 0 Å². The molecule has 0 aromatic heterocycles. The van der Waals surface area contributed by atoms with E-state index >= 15 is 0 Å². The molecule has 0 aromatic rings. The van der Waals surface area contributed by atoms with E-state index < -0.39 is 0 Å². The fourth-order valence-corrected chi connectivity index (χ4v) is 0. The fourth-order valence-electron chi connectivity index (χ4n) is 0. The van der Waals surface area contributed by atoms with Gasteiger partial charge in [-0.3, -0.25) is 0 Å². The van der Waals surface area contributed by atoms with E-state index in [9.17, 15) is 0 Å². The second-order valence-corrected chi connectivity index (χ2v) is 3.47. The number of hydrogen-bond acceptors (Lipinski definition) is 1. The maximum absolute atomic E-state index is 4.95. The summed E-state index contributed by atoms with van der Waals surface area (Å²) in [6.07, 6.45) is 0. The Hall–Kier alpha value is 2.17. The van der Waals surface area contributed by atoms with Crippen LogP contribution in [0, 0.1) is 0 Å². The molecule has 5 heteroatoms. The van der Waals surface area contributed by atoms with Gasteiger partial charge in [-0.25, -0.2) is 0 Å². The Labute approximate surface area is 69.0 Å². The minimum atomic E-state index is 0. The average molecular weight is 397 g/mol. The van der Waals surface area contributed by atoms with Gasteiger partial charge in [-0.2, -0.15) is 0 Å². The zero-order chi connectivity index (χ0) is 2.71. The third-order valence-corrected chi connectivity index (χ3v) is 0. The van der Waals surface area contributed by atoms with E-state index in [1.807, 2.05) is 0 Å². The Balaban J connectivity index is -0.0000000200. The summed E-state index contributed by atoms with van der Waals surface area (Å²) in [6.45, 7) is 0. The van der Waals surface area contributed by atoms with Gasteiger partial charge in [0.1, 0.15) is 0 Å². The molecule has 0 unspecified atom stereocenters. The molecule has 0 aromatic carbocycles. The third kappa shape index (κ3) is 22.8. The number of rotatable bonds is 0. The molecule has 0 aliphatic heterocycles. The molecular formula is H5BrClMnNPb. The SMILES string of the molecule is N.[Cl][Mn][Br].[PbH2]. The maximum atomic E-state index is 4.95. The molecule has 0 bridgehead atoms. The monoisotopic (exact) mass is 396 g/mol. The fraction of sp³-hybridized carbons (Fsp3) is 0. The van der Waals surface area contributed by atoms with Gasteiger partial charge < -0.3 is 6.15 Å². The van der Waals surface area contributed by atoms with Gasteiger partial charge in [-0.05, 0) is 0 Å². The topological polar surface area (TPSA) is 35.0 Å². The Morgan fingerprint density at radius 1 is 1.60 bits per heavy atom. The van der Waals surface area contributed by atoms with Crippen molar-refractivity contribution in [2.75, 3.05) is 0 Å². The second kappa shape index (κ2) is 16.4. The van der Waals surface area contributed by atoms with Crippen LogP contribution >= 0.6 is 24.2 Å². The van der Waals surface area contributed by atoms with Gasteiger partial charge in [0.2, 0.25) is 0 Å². The molecule has 3 N–H and O–H groups in total. The normalized spacial score (nSPS) is 3.60. The summed E-state index contributed by atoms with van der Waals surface area (Å²) in [6, 6.07) is 0. The minimum absolute atomic E-state index is 0. The van der Waals surface area contributed by atoms with E-state index in [1.165, 1.54) is 0 Å². The van der Waals surface area contributed by atoms with Crippen molar-refractivity contribution in [3.8, 4) is 0 Å². The van der Waals surface area contributed by atoms with Crippen molar-refractivity contribution in [1.82, 2.24) is 6.15 Å². The standard InChI is InChI=1S/BrH.ClH.Mn.H3N.Pb.2H/h2*1H;;1H3;;;/q;;+2;;;;/p-2. The summed E-state index contributed by atoms with van der Waals surface area (Å²) in [5, 5.41) is 0. The van der Waals surface area contributed by atoms with Crippen LogP contribution in [0.25, 0.3) is 0 Å². The molecule has 0 amide bonds. The number of halogens is 2. The zero-order valence-corrected chi connectivity index (χ0v) is 11.6. The van der Waals surface area contributed by atoms with E-state index in [0.717, 1.165) is 0 Å². The molecular weight excluding hydrogens is 392 g/mol. The van der Waals surface area contributed by atoms with Crippen molar-refractivity contribution in [1.29, 1.82) is 0 Å². The second-order valence-electron chi connectivity index (χ2n) is 0.0540. The van der Waals surface area contributed by atoms with Crippen LogP contribution in [-0.4, -0.2) is 27.3 Å². The average Bonchev–Trinajstić information content (AvgIpc) is 0.918. The first kappa shape index (κ1) is 15.7. The summed E-state index contributed by atoms with van der Waals surface area (Å²) < 4.78 is 0. The Kier molecular flexibility index (Phi) is 51.5. The third-order valence-electron chi connectivity index (χ3n) is 0. The number of hydrogen-bond donors (Lipinski definition) is 1. The molecule has 5 heavy (non-hydrogen) atoms. The van der Waals surface area contributed by atoms with Crippen LogP contribution in [0.4, 0.5) is 0 Å². The molecule has 35 valence electrons. The zero-order valence-electron chi connectivity index (χ0n) is 2.55. The van der Waals surface area contributed by atoms with Gasteiger partial charge in [-0.15, -0.1) is 0 Å². The molecule has 1 nitrogen and oxygen atoms in total. The summed E-state index contributed by atoms with van der Waals surface area (Å²) in [5.41, 5.74) is 0. The molecule has 0 saturated heterocycles.